The van der Waals surface area contributed by atoms with Crippen molar-refractivity contribution in [3.8, 4) is 11.1 Å². The summed E-state index contributed by atoms with van der Waals surface area (Å²) in [6.45, 7) is 0. The highest BCUT2D eigenvalue weighted by atomic mass is 16.5. The van der Waals surface area contributed by atoms with Crippen LogP contribution in [0.1, 0.15) is 22.0 Å². The number of hydrogen-bond donors (Lipinski definition) is 2. The molecule has 0 bridgehead atoms. The molecular weight excluding hydrogens is 382 g/mol. The van der Waals surface area contributed by atoms with Gasteiger partial charge in [0.25, 0.3) is 5.91 Å². The number of hydrazone groups is 1. The number of fused-ring (bicyclic) bond motifs is 1. The van der Waals surface area contributed by atoms with E-state index in [1.807, 2.05) is 54.6 Å². The summed E-state index contributed by atoms with van der Waals surface area (Å²) in [5.74, 6) is 0.0989. The minimum atomic E-state index is -0.395. The first-order chi connectivity index (χ1) is 14.7. The van der Waals surface area contributed by atoms with Crippen molar-refractivity contribution >= 4 is 29.0 Å². The monoisotopic (exact) mass is 401 g/mol. The molecule has 4 rings (SSSR count). The first-order valence-electron chi connectivity index (χ1n) is 9.31. The molecule has 0 aliphatic carbocycles. The van der Waals surface area contributed by atoms with E-state index < -0.39 is 5.97 Å². The van der Waals surface area contributed by atoms with E-state index in [4.69, 9.17) is 4.42 Å². The lowest BCUT2D eigenvalue weighted by molar-refractivity contribution is -0.140. The van der Waals surface area contributed by atoms with Crippen LogP contribution in [-0.2, 0) is 16.0 Å². The van der Waals surface area contributed by atoms with E-state index in [1.165, 1.54) is 13.3 Å². The molecule has 0 atom stereocenters. The summed E-state index contributed by atoms with van der Waals surface area (Å²) < 4.78 is 10.1. The van der Waals surface area contributed by atoms with Crippen molar-refractivity contribution < 1.29 is 18.7 Å². The Morgan fingerprint density at radius 2 is 1.83 bits per heavy atom. The predicted octanol–water partition coefficient (Wildman–Crippen LogP) is 3.91. The molecule has 0 saturated heterocycles. The van der Waals surface area contributed by atoms with Gasteiger partial charge in [0.2, 0.25) is 0 Å². The molecule has 2 N–H and O–H groups in total. The third-order valence-electron chi connectivity index (χ3n) is 4.58. The Bertz CT molecular complexity index is 1220. The average Bonchev–Trinajstić information content (AvgIpc) is 3.38. The summed E-state index contributed by atoms with van der Waals surface area (Å²) >= 11 is 0. The summed E-state index contributed by atoms with van der Waals surface area (Å²) in [6, 6.07) is 20.8. The SMILES string of the molecule is COC(=O)Cc1ccc(/C=N/NC(=O)c2[nH]c3ccccc3c2-c2ccccc2)o1. The molecule has 2 heterocycles. The number of ether oxygens (including phenoxy) is 1. The van der Waals surface area contributed by atoms with Gasteiger partial charge in [-0.25, -0.2) is 5.43 Å². The third kappa shape index (κ3) is 4.00. The van der Waals surface area contributed by atoms with E-state index in [9.17, 15) is 9.59 Å². The van der Waals surface area contributed by atoms with E-state index in [2.05, 4.69) is 20.2 Å². The summed E-state index contributed by atoms with van der Waals surface area (Å²) in [7, 11) is 1.32. The number of amides is 1. The zero-order chi connectivity index (χ0) is 20.9. The van der Waals surface area contributed by atoms with Crippen LogP contribution in [0, 0.1) is 0 Å². The van der Waals surface area contributed by atoms with Gasteiger partial charge in [-0.3, -0.25) is 9.59 Å². The number of nitrogens with zero attached hydrogens (tertiary/aromatic N) is 1. The van der Waals surface area contributed by atoms with Gasteiger partial charge in [-0.15, -0.1) is 0 Å². The van der Waals surface area contributed by atoms with Crippen molar-refractivity contribution in [2.24, 2.45) is 5.10 Å². The van der Waals surface area contributed by atoms with Gasteiger partial charge in [0.1, 0.15) is 23.6 Å². The number of furan rings is 1. The zero-order valence-corrected chi connectivity index (χ0v) is 16.2. The molecule has 1 amide bonds. The van der Waals surface area contributed by atoms with Gasteiger partial charge in [0.05, 0.1) is 13.3 Å². The topological polar surface area (TPSA) is 96.7 Å². The van der Waals surface area contributed by atoms with Gasteiger partial charge in [0.15, 0.2) is 0 Å². The zero-order valence-electron chi connectivity index (χ0n) is 16.2. The first kappa shape index (κ1) is 19.2. The van der Waals surface area contributed by atoms with Gasteiger partial charge in [-0.05, 0) is 23.8 Å². The normalized spacial score (nSPS) is 11.1. The molecule has 0 unspecified atom stereocenters. The van der Waals surface area contributed by atoms with Crippen LogP contribution < -0.4 is 5.43 Å². The van der Waals surface area contributed by atoms with Crippen LogP contribution in [-0.4, -0.2) is 30.2 Å². The Morgan fingerprint density at radius 1 is 1.07 bits per heavy atom. The van der Waals surface area contributed by atoms with Crippen molar-refractivity contribution in [2.75, 3.05) is 7.11 Å². The van der Waals surface area contributed by atoms with Gasteiger partial charge < -0.3 is 14.1 Å². The molecular formula is C23H19N3O4. The van der Waals surface area contributed by atoms with Crippen molar-refractivity contribution in [2.45, 2.75) is 6.42 Å². The largest absolute Gasteiger partial charge is 0.469 e. The van der Waals surface area contributed by atoms with Gasteiger partial charge in [-0.2, -0.15) is 5.10 Å². The number of rotatable bonds is 6. The van der Waals surface area contributed by atoms with Gasteiger partial charge >= 0.3 is 5.97 Å². The van der Waals surface area contributed by atoms with Gasteiger partial charge in [-0.1, -0.05) is 48.5 Å². The second-order valence-corrected chi connectivity index (χ2v) is 6.54. The number of aromatic nitrogens is 1. The molecule has 0 aliphatic heterocycles. The molecule has 0 spiro atoms. The maximum absolute atomic E-state index is 12.8. The number of aromatic amines is 1. The maximum Gasteiger partial charge on any atom is 0.313 e. The highest BCUT2D eigenvalue weighted by molar-refractivity contribution is 6.09. The van der Waals surface area contributed by atoms with Crippen LogP contribution >= 0.6 is 0 Å². The van der Waals surface area contributed by atoms with E-state index in [0.29, 0.717) is 17.2 Å². The lowest BCUT2D eigenvalue weighted by Crippen LogP contribution is -2.18. The van der Waals surface area contributed by atoms with Crippen molar-refractivity contribution in [3.63, 3.8) is 0 Å². The van der Waals surface area contributed by atoms with Crippen LogP contribution in [0.5, 0.6) is 0 Å². The minimum absolute atomic E-state index is 0.0339. The number of carbonyl (C=O) groups excluding carboxylic acids is 2. The number of para-hydroxylation sites is 1. The lowest BCUT2D eigenvalue weighted by atomic mass is 10.0. The van der Waals surface area contributed by atoms with E-state index in [0.717, 1.165) is 22.0 Å². The maximum atomic E-state index is 12.8. The predicted molar refractivity (Wildman–Crippen MR) is 113 cm³/mol. The molecule has 30 heavy (non-hydrogen) atoms. The van der Waals surface area contributed by atoms with Crippen molar-refractivity contribution in [3.05, 3.63) is 83.9 Å². The number of benzene rings is 2. The molecule has 7 heteroatoms. The molecule has 2 aromatic carbocycles. The molecule has 2 aromatic heterocycles. The second kappa shape index (κ2) is 8.48. The Balaban J connectivity index is 1.56. The smallest absolute Gasteiger partial charge is 0.313 e. The summed E-state index contributed by atoms with van der Waals surface area (Å²) in [4.78, 5) is 27.3. The highest BCUT2D eigenvalue weighted by Gasteiger charge is 2.18. The van der Waals surface area contributed by atoms with Crippen LogP contribution in [0.3, 0.4) is 0 Å². The Labute approximate surface area is 172 Å². The molecule has 0 aliphatic rings. The first-order valence-corrected chi connectivity index (χ1v) is 9.31. The Hall–Kier alpha value is -4.13. The second-order valence-electron chi connectivity index (χ2n) is 6.54. The van der Waals surface area contributed by atoms with Crippen LogP contribution in [0.15, 0.2) is 76.2 Å². The summed E-state index contributed by atoms with van der Waals surface area (Å²) in [5.41, 5.74) is 5.56. The van der Waals surface area contributed by atoms with Crippen LogP contribution in [0.4, 0.5) is 0 Å². The average molecular weight is 401 g/mol. The molecule has 7 nitrogen and oxygen atoms in total. The fourth-order valence-corrected chi connectivity index (χ4v) is 3.20. The minimum Gasteiger partial charge on any atom is -0.469 e. The summed E-state index contributed by atoms with van der Waals surface area (Å²) in [6.07, 6.45) is 1.41. The van der Waals surface area contributed by atoms with E-state index >= 15 is 0 Å². The standard InChI is InChI=1S/C23H19N3O4/c1-29-20(27)13-16-11-12-17(30-16)14-24-26-23(28)22-21(15-7-3-2-4-8-15)18-9-5-6-10-19(18)25-22/h2-12,14,25H,13H2,1H3,(H,26,28)/b24-14+. The fourth-order valence-electron chi connectivity index (χ4n) is 3.20. The number of esters is 1. The van der Waals surface area contributed by atoms with E-state index in [1.54, 1.807) is 12.1 Å². The Kier molecular flexibility index (Phi) is 5.43. The highest BCUT2D eigenvalue weighted by Crippen LogP contribution is 2.32. The molecule has 0 fully saturated rings. The Morgan fingerprint density at radius 3 is 2.63 bits per heavy atom. The van der Waals surface area contributed by atoms with Crippen molar-refractivity contribution in [1.29, 1.82) is 0 Å². The number of H-pyrrole nitrogens is 1. The molecule has 150 valence electrons. The number of methoxy groups -OCH3 is 1. The summed E-state index contributed by atoms with van der Waals surface area (Å²) in [5, 5.41) is 4.94. The molecule has 0 radical (unpaired) electrons. The van der Waals surface area contributed by atoms with E-state index in [-0.39, 0.29) is 12.3 Å². The number of nitrogens with one attached hydrogen (secondary N) is 2. The van der Waals surface area contributed by atoms with Crippen LogP contribution in [0.25, 0.3) is 22.0 Å². The fraction of sp³-hybridized carbons (Fsp3) is 0.0870. The van der Waals surface area contributed by atoms with Crippen LogP contribution in [0.2, 0.25) is 0 Å². The molecule has 4 aromatic rings. The quantitative estimate of drug-likeness (QED) is 0.291. The molecule has 0 saturated carbocycles. The van der Waals surface area contributed by atoms with Crippen molar-refractivity contribution in [1.82, 2.24) is 10.4 Å². The lowest BCUT2D eigenvalue weighted by Gasteiger charge is -2.04. The number of hydrogen-bond acceptors (Lipinski definition) is 5. The third-order valence-corrected chi connectivity index (χ3v) is 4.58. The van der Waals surface area contributed by atoms with Gasteiger partial charge in [0, 0.05) is 16.5 Å². The number of carbonyl (C=O) groups is 2.